The molecule has 4 heterocycles. The molecule has 1 aromatic rings. The number of aromatic nitrogens is 1. The van der Waals surface area contributed by atoms with E-state index in [0.717, 1.165) is 56.8 Å². The molecule has 3 saturated heterocycles. The van der Waals surface area contributed by atoms with Gasteiger partial charge in [0.1, 0.15) is 0 Å². The van der Waals surface area contributed by atoms with Crippen molar-refractivity contribution in [1.29, 1.82) is 0 Å². The summed E-state index contributed by atoms with van der Waals surface area (Å²) in [6, 6.07) is 4.82. The topological polar surface area (TPSA) is 55.5 Å². The van der Waals surface area contributed by atoms with Crippen molar-refractivity contribution in [2.45, 2.75) is 69.6 Å². The lowest BCUT2D eigenvalue weighted by Crippen LogP contribution is -2.60. The Bertz CT molecular complexity index is 815. The number of fused-ring (bicyclic) bond motifs is 3. The molecule has 1 saturated carbocycles. The van der Waals surface area contributed by atoms with Gasteiger partial charge in [0.15, 0.2) is 0 Å². The van der Waals surface area contributed by atoms with Gasteiger partial charge in [0, 0.05) is 37.8 Å². The van der Waals surface area contributed by atoms with Gasteiger partial charge in [-0.3, -0.25) is 30.0 Å². The molecule has 9 heteroatoms. The van der Waals surface area contributed by atoms with Crippen LogP contribution in [-0.2, 0) is 0 Å². The highest BCUT2D eigenvalue weighted by Gasteiger charge is 2.54. The maximum absolute atomic E-state index is 13.7. The Labute approximate surface area is 201 Å². The number of nitrogens with zero attached hydrogens (tertiary/aromatic N) is 3. The first kappa shape index (κ1) is 24.3. The minimum atomic E-state index is -2.37. The molecule has 190 valence electrons. The third-order valence-electron chi connectivity index (χ3n) is 8.67. The van der Waals surface area contributed by atoms with Gasteiger partial charge in [0.2, 0.25) is 0 Å². The highest BCUT2D eigenvalue weighted by Crippen LogP contribution is 2.54. The zero-order valence-corrected chi connectivity index (χ0v) is 20.3. The van der Waals surface area contributed by atoms with E-state index in [-0.39, 0.29) is 24.8 Å². The summed E-state index contributed by atoms with van der Waals surface area (Å²) in [4.78, 5) is 9.12. The number of anilines is 1. The third kappa shape index (κ3) is 4.81. The average molecular weight is 481 g/mol. The van der Waals surface area contributed by atoms with E-state index in [1.807, 2.05) is 23.2 Å². The first-order valence-corrected chi connectivity index (χ1v) is 12.9. The predicted molar refractivity (Wildman–Crippen MR) is 127 cm³/mol. The summed E-state index contributed by atoms with van der Waals surface area (Å²) in [7, 11) is 0. The van der Waals surface area contributed by atoms with Crippen LogP contribution in [0.2, 0.25) is 0 Å². The van der Waals surface area contributed by atoms with Crippen LogP contribution in [0, 0.1) is 17.8 Å². The maximum atomic E-state index is 13.7. The molecule has 0 spiro atoms. The normalized spacial score (nSPS) is 34.0. The molecule has 34 heavy (non-hydrogen) atoms. The zero-order valence-electron chi connectivity index (χ0n) is 20.3. The smallest absolute Gasteiger partial charge is 0.251 e. The number of hydrogen-bond donors (Lipinski definition) is 3. The van der Waals surface area contributed by atoms with Gasteiger partial charge in [-0.1, -0.05) is 0 Å². The molecule has 1 aromatic heterocycles. The second-order valence-electron chi connectivity index (χ2n) is 11.3. The Hall–Kier alpha value is -1.42. The van der Waals surface area contributed by atoms with Gasteiger partial charge in [0.25, 0.3) is 6.43 Å². The number of rotatable bonds is 8. The summed E-state index contributed by atoms with van der Waals surface area (Å²) in [6.45, 7) is 7.34. The highest BCUT2D eigenvalue weighted by molar-refractivity contribution is 5.43. The molecular formula is C25H39F3N6. The van der Waals surface area contributed by atoms with Gasteiger partial charge in [-0.15, -0.1) is 0 Å². The molecule has 6 nitrogen and oxygen atoms in total. The van der Waals surface area contributed by atoms with E-state index < -0.39 is 6.43 Å². The average Bonchev–Trinajstić information content (AvgIpc) is 3.25. The molecular weight excluding hydrogens is 441 g/mol. The first-order valence-electron chi connectivity index (χ1n) is 12.9. The molecule has 5 rings (SSSR count). The lowest BCUT2D eigenvalue weighted by molar-refractivity contribution is -0.101. The van der Waals surface area contributed by atoms with E-state index in [0.29, 0.717) is 36.3 Å². The molecule has 4 aliphatic rings. The minimum Gasteiger partial charge on any atom is -0.378 e. The van der Waals surface area contributed by atoms with Crippen molar-refractivity contribution < 1.29 is 13.2 Å². The maximum Gasteiger partial charge on any atom is 0.251 e. The lowest BCUT2D eigenvalue weighted by atomic mass is 9.60. The van der Waals surface area contributed by atoms with Crippen LogP contribution in [0.1, 0.15) is 51.3 Å². The van der Waals surface area contributed by atoms with E-state index in [9.17, 15) is 13.2 Å². The van der Waals surface area contributed by atoms with Crippen LogP contribution in [-0.4, -0.2) is 78.2 Å². The van der Waals surface area contributed by atoms with Gasteiger partial charge in [-0.2, -0.15) is 0 Å². The van der Waals surface area contributed by atoms with Crippen molar-refractivity contribution in [3.63, 3.8) is 0 Å². The third-order valence-corrected chi connectivity index (χ3v) is 8.67. The number of halogens is 3. The summed E-state index contributed by atoms with van der Waals surface area (Å²) < 4.78 is 39.8. The van der Waals surface area contributed by atoms with Crippen LogP contribution in [0.3, 0.4) is 0 Å². The Balaban J connectivity index is 1.33. The summed E-state index contributed by atoms with van der Waals surface area (Å²) >= 11 is 0. The number of alkyl halides is 3. The van der Waals surface area contributed by atoms with E-state index in [1.165, 1.54) is 0 Å². The van der Waals surface area contributed by atoms with E-state index in [4.69, 9.17) is 4.98 Å². The molecule has 3 N–H and O–H groups in total. The lowest BCUT2D eigenvalue weighted by Gasteiger charge is -2.57. The SMILES string of the molecule is CC1(C)CC2C3CNNC3CCC2[C@@H](c2ccc(NC3CN(CCCF)C3)cn2)N1CC(F)F. The quantitative estimate of drug-likeness (QED) is 0.530. The second-order valence-corrected chi connectivity index (χ2v) is 11.3. The van der Waals surface area contributed by atoms with Crippen LogP contribution in [0.15, 0.2) is 18.3 Å². The monoisotopic (exact) mass is 480 g/mol. The number of hydrogen-bond acceptors (Lipinski definition) is 6. The molecule has 3 aliphatic heterocycles. The Morgan fingerprint density at radius 1 is 1.18 bits per heavy atom. The molecule has 0 bridgehead atoms. The van der Waals surface area contributed by atoms with E-state index >= 15 is 0 Å². The van der Waals surface area contributed by atoms with E-state index in [2.05, 4.69) is 34.9 Å². The zero-order chi connectivity index (χ0) is 23.9. The summed E-state index contributed by atoms with van der Waals surface area (Å²) in [5.41, 5.74) is 8.33. The first-order chi connectivity index (χ1) is 16.4. The van der Waals surface area contributed by atoms with Crippen LogP contribution in [0.5, 0.6) is 0 Å². The summed E-state index contributed by atoms with van der Waals surface area (Å²) in [5.74, 6) is 1.35. The van der Waals surface area contributed by atoms with Crippen LogP contribution >= 0.6 is 0 Å². The van der Waals surface area contributed by atoms with Crippen molar-refractivity contribution in [2.75, 3.05) is 44.7 Å². The van der Waals surface area contributed by atoms with Gasteiger partial charge >= 0.3 is 0 Å². The molecule has 5 atom stereocenters. The summed E-state index contributed by atoms with van der Waals surface area (Å²) in [6.07, 6.45) is 3.11. The van der Waals surface area contributed by atoms with Crippen molar-refractivity contribution in [2.24, 2.45) is 17.8 Å². The molecule has 1 aliphatic carbocycles. The van der Waals surface area contributed by atoms with E-state index in [1.54, 1.807) is 0 Å². The van der Waals surface area contributed by atoms with Crippen molar-refractivity contribution in [1.82, 2.24) is 25.6 Å². The largest absolute Gasteiger partial charge is 0.378 e. The number of hydrazine groups is 1. The number of piperidine rings is 1. The van der Waals surface area contributed by atoms with Gasteiger partial charge in [-0.05, 0) is 69.4 Å². The fraction of sp³-hybridized carbons (Fsp3) is 0.800. The molecule has 4 fully saturated rings. The van der Waals surface area contributed by atoms with Crippen molar-refractivity contribution >= 4 is 5.69 Å². The van der Waals surface area contributed by atoms with Crippen molar-refractivity contribution in [3.8, 4) is 0 Å². The van der Waals surface area contributed by atoms with Crippen molar-refractivity contribution in [3.05, 3.63) is 24.0 Å². The van der Waals surface area contributed by atoms with Gasteiger partial charge in [0.05, 0.1) is 42.9 Å². The number of likely N-dealkylation sites (tertiary alicyclic amines) is 2. The molecule has 0 aromatic carbocycles. The van der Waals surface area contributed by atoms with Gasteiger partial charge < -0.3 is 5.32 Å². The predicted octanol–water partition coefficient (Wildman–Crippen LogP) is 3.45. The minimum absolute atomic E-state index is 0.0988. The van der Waals surface area contributed by atoms with Crippen LogP contribution in [0.4, 0.5) is 18.9 Å². The highest BCUT2D eigenvalue weighted by atomic mass is 19.3. The summed E-state index contributed by atoms with van der Waals surface area (Å²) in [5, 5.41) is 3.51. The molecule has 0 amide bonds. The van der Waals surface area contributed by atoms with Crippen LogP contribution < -0.4 is 16.2 Å². The Morgan fingerprint density at radius 3 is 2.71 bits per heavy atom. The Kier molecular flexibility index (Phi) is 7.08. The fourth-order valence-electron chi connectivity index (χ4n) is 7.11. The second kappa shape index (κ2) is 9.91. The van der Waals surface area contributed by atoms with Gasteiger partial charge in [-0.25, -0.2) is 8.78 Å². The number of nitrogens with one attached hydrogen (secondary N) is 3. The molecule has 4 unspecified atom stereocenters. The standard InChI is InChI=1S/C25H39F3N6/c1-25(2)10-19-18(5-7-21-20(19)12-30-32-21)24(34(25)15-23(27)28)22-6-4-16(11-29-22)31-17-13-33(14-17)9-3-8-26/h4,6,11,17-21,23-24,30-32H,3,5,7-10,12-15H2,1-2H3/t18?,19?,20?,21?,24-/m0/s1. The number of pyridine rings is 1. The Morgan fingerprint density at radius 2 is 2.00 bits per heavy atom. The fourth-order valence-corrected chi connectivity index (χ4v) is 7.11. The van der Waals surface area contributed by atoms with Crippen LogP contribution in [0.25, 0.3) is 0 Å². The molecule has 0 radical (unpaired) electrons.